The first kappa shape index (κ1) is 13.0. The van der Waals surface area contributed by atoms with Gasteiger partial charge in [-0.05, 0) is 22.4 Å². The Morgan fingerprint density at radius 1 is 1.17 bits per heavy atom. The molecule has 0 fully saturated rings. The van der Waals surface area contributed by atoms with Gasteiger partial charge in [0.05, 0.1) is 19.3 Å². The number of hydrogen-bond donors (Lipinski definition) is 2. The van der Waals surface area contributed by atoms with Crippen molar-refractivity contribution in [3.8, 4) is 0 Å². The molecule has 2 rings (SSSR count). The molecule has 0 amide bonds. The van der Waals surface area contributed by atoms with Gasteiger partial charge in [-0.25, -0.2) is 0 Å². The number of rotatable bonds is 6. The van der Waals surface area contributed by atoms with Gasteiger partial charge in [0.25, 0.3) is 0 Å². The number of nitrogens with one attached hydrogen (secondary N) is 1. The largest absolute Gasteiger partial charge is 0.394 e. The second kappa shape index (κ2) is 6.50. The lowest BCUT2D eigenvalue weighted by Gasteiger charge is -2.17. The summed E-state index contributed by atoms with van der Waals surface area (Å²) in [6.07, 6.45) is 0. The maximum atomic E-state index is 9.45. The number of benzene rings is 2. The van der Waals surface area contributed by atoms with E-state index in [4.69, 9.17) is 4.74 Å². The van der Waals surface area contributed by atoms with Gasteiger partial charge in [-0.1, -0.05) is 36.4 Å². The van der Waals surface area contributed by atoms with Crippen LogP contribution in [0.15, 0.2) is 42.5 Å². The lowest BCUT2D eigenvalue weighted by molar-refractivity contribution is 0.184. The molecule has 2 aromatic rings. The van der Waals surface area contributed by atoms with Crippen molar-refractivity contribution >= 4 is 10.8 Å². The summed E-state index contributed by atoms with van der Waals surface area (Å²) >= 11 is 0. The van der Waals surface area contributed by atoms with Crippen LogP contribution in [0.4, 0.5) is 0 Å². The van der Waals surface area contributed by atoms with Crippen molar-refractivity contribution in [1.29, 1.82) is 0 Å². The van der Waals surface area contributed by atoms with Gasteiger partial charge in [0.2, 0.25) is 0 Å². The molecule has 18 heavy (non-hydrogen) atoms. The van der Waals surface area contributed by atoms with Crippen molar-refractivity contribution in [2.45, 2.75) is 6.04 Å². The van der Waals surface area contributed by atoms with Crippen LogP contribution < -0.4 is 5.32 Å². The third kappa shape index (κ3) is 3.07. The minimum atomic E-state index is -0.0373. The van der Waals surface area contributed by atoms with Gasteiger partial charge in [0.1, 0.15) is 0 Å². The maximum absolute atomic E-state index is 9.45. The molecule has 0 heterocycles. The number of ether oxygens (including phenoxy) is 1. The Hall–Kier alpha value is -1.42. The molecule has 0 aliphatic rings. The molecule has 0 saturated carbocycles. The Morgan fingerprint density at radius 3 is 2.67 bits per heavy atom. The topological polar surface area (TPSA) is 41.5 Å². The van der Waals surface area contributed by atoms with E-state index in [0.717, 1.165) is 12.1 Å². The van der Waals surface area contributed by atoms with E-state index in [2.05, 4.69) is 35.6 Å². The van der Waals surface area contributed by atoms with E-state index in [9.17, 15) is 5.11 Å². The molecule has 0 spiro atoms. The zero-order valence-corrected chi connectivity index (χ0v) is 10.6. The highest BCUT2D eigenvalue weighted by Gasteiger charge is 2.09. The first-order valence-corrected chi connectivity index (χ1v) is 6.17. The molecule has 0 radical (unpaired) electrons. The molecule has 0 bridgehead atoms. The van der Waals surface area contributed by atoms with Crippen molar-refractivity contribution < 1.29 is 9.84 Å². The molecule has 3 heteroatoms. The number of methoxy groups -OCH3 is 1. The molecular weight excluding hydrogens is 226 g/mol. The highest BCUT2D eigenvalue weighted by Crippen LogP contribution is 2.20. The summed E-state index contributed by atoms with van der Waals surface area (Å²) < 4.78 is 5.00. The number of fused-ring (bicyclic) bond motifs is 1. The molecule has 3 nitrogen and oxygen atoms in total. The Kier molecular flexibility index (Phi) is 4.70. The Labute approximate surface area is 107 Å². The molecule has 0 saturated heterocycles. The molecule has 2 aromatic carbocycles. The van der Waals surface area contributed by atoms with E-state index in [1.165, 1.54) is 10.8 Å². The van der Waals surface area contributed by atoms with Crippen LogP contribution in [0.5, 0.6) is 0 Å². The van der Waals surface area contributed by atoms with Gasteiger partial charge in [-0.3, -0.25) is 0 Å². The normalized spacial score (nSPS) is 12.8. The molecule has 0 aliphatic heterocycles. The Balaban J connectivity index is 2.17. The summed E-state index contributed by atoms with van der Waals surface area (Å²) in [6, 6.07) is 14.5. The quantitative estimate of drug-likeness (QED) is 0.766. The summed E-state index contributed by atoms with van der Waals surface area (Å²) in [7, 11) is 1.67. The van der Waals surface area contributed by atoms with Crippen LogP contribution in [-0.2, 0) is 4.74 Å². The van der Waals surface area contributed by atoms with Gasteiger partial charge in [-0.2, -0.15) is 0 Å². The fourth-order valence-electron chi connectivity index (χ4n) is 2.05. The summed E-state index contributed by atoms with van der Waals surface area (Å²) in [6.45, 7) is 1.46. The van der Waals surface area contributed by atoms with Gasteiger partial charge in [-0.15, -0.1) is 0 Å². The number of aliphatic hydroxyl groups is 1. The summed E-state index contributed by atoms with van der Waals surface area (Å²) in [5.41, 5.74) is 1.10. The van der Waals surface area contributed by atoms with Crippen molar-refractivity contribution in [2.24, 2.45) is 0 Å². The van der Waals surface area contributed by atoms with E-state index in [1.54, 1.807) is 7.11 Å². The fraction of sp³-hybridized carbons (Fsp3) is 0.333. The molecule has 1 unspecified atom stereocenters. The van der Waals surface area contributed by atoms with Crippen LogP contribution in [0.1, 0.15) is 11.6 Å². The molecule has 2 N–H and O–H groups in total. The average molecular weight is 245 g/mol. The minimum absolute atomic E-state index is 0.0373. The number of hydrogen-bond acceptors (Lipinski definition) is 3. The lowest BCUT2D eigenvalue weighted by atomic mass is 10.0. The van der Waals surface area contributed by atoms with Gasteiger partial charge < -0.3 is 15.2 Å². The second-order valence-electron chi connectivity index (χ2n) is 4.29. The first-order valence-electron chi connectivity index (χ1n) is 6.17. The monoisotopic (exact) mass is 245 g/mol. The van der Waals surface area contributed by atoms with E-state index < -0.39 is 0 Å². The van der Waals surface area contributed by atoms with Crippen molar-refractivity contribution in [2.75, 3.05) is 26.9 Å². The van der Waals surface area contributed by atoms with Gasteiger partial charge >= 0.3 is 0 Å². The molecule has 1 atom stereocenters. The zero-order chi connectivity index (χ0) is 12.8. The molecule has 0 aliphatic carbocycles. The van der Waals surface area contributed by atoms with Gasteiger partial charge in [0.15, 0.2) is 0 Å². The average Bonchev–Trinajstić information content (AvgIpc) is 2.43. The third-order valence-electron chi connectivity index (χ3n) is 3.06. The summed E-state index contributed by atoms with van der Waals surface area (Å²) in [4.78, 5) is 0. The highest BCUT2D eigenvalue weighted by atomic mass is 16.5. The standard InChI is InChI=1S/C15H19NO2/c1-18-9-8-16-15(11-17)14-7-6-12-4-2-3-5-13(12)10-14/h2-7,10,15-17H,8-9,11H2,1H3. The van der Waals surface area contributed by atoms with Crippen LogP contribution in [-0.4, -0.2) is 32.0 Å². The van der Waals surface area contributed by atoms with Crippen molar-refractivity contribution in [3.63, 3.8) is 0 Å². The van der Waals surface area contributed by atoms with Crippen LogP contribution in [0.25, 0.3) is 10.8 Å². The first-order chi connectivity index (χ1) is 8.85. The second-order valence-corrected chi connectivity index (χ2v) is 4.29. The highest BCUT2D eigenvalue weighted by molar-refractivity contribution is 5.83. The van der Waals surface area contributed by atoms with Crippen molar-refractivity contribution in [1.82, 2.24) is 5.32 Å². The summed E-state index contributed by atoms with van der Waals surface area (Å²) in [5, 5.41) is 15.1. The third-order valence-corrected chi connectivity index (χ3v) is 3.06. The molecule has 96 valence electrons. The number of aliphatic hydroxyl groups excluding tert-OH is 1. The van der Waals surface area contributed by atoms with E-state index in [1.807, 2.05) is 12.1 Å². The van der Waals surface area contributed by atoms with E-state index in [0.29, 0.717) is 6.61 Å². The maximum Gasteiger partial charge on any atom is 0.0626 e. The predicted octanol–water partition coefficient (Wildman–Crippen LogP) is 2.11. The van der Waals surface area contributed by atoms with Crippen LogP contribution in [0, 0.1) is 0 Å². The Bertz CT molecular complexity index is 499. The molecular formula is C15H19NO2. The molecule has 0 aromatic heterocycles. The van der Waals surface area contributed by atoms with E-state index in [-0.39, 0.29) is 12.6 Å². The van der Waals surface area contributed by atoms with Gasteiger partial charge in [0, 0.05) is 13.7 Å². The van der Waals surface area contributed by atoms with Crippen LogP contribution >= 0.6 is 0 Å². The Morgan fingerprint density at radius 2 is 1.94 bits per heavy atom. The zero-order valence-electron chi connectivity index (χ0n) is 10.6. The lowest BCUT2D eigenvalue weighted by Crippen LogP contribution is -2.27. The van der Waals surface area contributed by atoms with Crippen LogP contribution in [0.2, 0.25) is 0 Å². The van der Waals surface area contributed by atoms with E-state index >= 15 is 0 Å². The smallest absolute Gasteiger partial charge is 0.0626 e. The van der Waals surface area contributed by atoms with Crippen LogP contribution in [0.3, 0.4) is 0 Å². The minimum Gasteiger partial charge on any atom is -0.394 e. The van der Waals surface area contributed by atoms with Crippen molar-refractivity contribution in [3.05, 3.63) is 48.0 Å². The predicted molar refractivity (Wildman–Crippen MR) is 73.7 cm³/mol. The SMILES string of the molecule is COCCNC(CO)c1ccc2ccccc2c1. The fourth-order valence-corrected chi connectivity index (χ4v) is 2.05. The summed E-state index contributed by atoms with van der Waals surface area (Å²) in [5.74, 6) is 0.